The molecule has 1 heterocycles. The Hall–Kier alpha value is -1.91. The van der Waals surface area contributed by atoms with Gasteiger partial charge in [0.1, 0.15) is 5.69 Å². The minimum atomic E-state index is -1.02. The number of aryl methyl sites for hydroxylation is 1. The number of pyridine rings is 1. The van der Waals surface area contributed by atoms with Crippen LogP contribution in [-0.2, 0) is 0 Å². The van der Waals surface area contributed by atoms with Crippen molar-refractivity contribution in [3.8, 4) is 0 Å². The quantitative estimate of drug-likeness (QED) is 0.893. The van der Waals surface area contributed by atoms with Gasteiger partial charge in [0.2, 0.25) is 0 Å². The van der Waals surface area contributed by atoms with E-state index >= 15 is 0 Å². The summed E-state index contributed by atoms with van der Waals surface area (Å²) in [7, 11) is 0. The van der Waals surface area contributed by atoms with Crippen molar-refractivity contribution in [3.63, 3.8) is 0 Å². The second-order valence-corrected chi connectivity index (χ2v) is 5.75. The molecule has 2 atom stereocenters. The maximum atomic E-state index is 12.2. The van der Waals surface area contributed by atoms with Gasteiger partial charge in [-0.2, -0.15) is 0 Å². The van der Waals surface area contributed by atoms with Crippen LogP contribution in [0.15, 0.2) is 12.1 Å². The number of hydrogen-bond donors (Lipinski definition) is 2. The van der Waals surface area contributed by atoms with E-state index in [4.69, 9.17) is 5.11 Å². The first-order valence-corrected chi connectivity index (χ1v) is 7.53. The molecule has 0 saturated heterocycles. The van der Waals surface area contributed by atoms with Crippen molar-refractivity contribution in [2.75, 3.05) is 0 Å². The Labute approximate surface area is 124 Å². The summed E-state index contributed by atoms with van der Waals surface area (Å²) in [6.07, 6.45) is 5.57. The molecule has 0 aromatic carbocycles. The first-order valence-electron chi connectivity index (χ1n) is 7.53. The number of amides is 1. The van der Waals surface area contributed by atoms with Gasteiger partial charge in [0.25, 0.3) is 5.91 Å². The van der Waals surface area contributed by atoms with E-state index in [1.165, 1.54) is 18.6 Å². The van der Waals surface area contributed by atoms with Crippen LogP contribution in [0.4, 0.5) is 0 Å². The highest BCUT2D eigenvalue weighted by atomic mass is 16.4. The van der Waals surface area contributed by atoms with E-state index < -0.39 is 5.97 Å². The molecule has 2 N–H and O–H groups in total. The fourth-order valence-corrected chi connectivity index (χ4v) is 2.97. The fourth-order valence-electron chi connectivity index (χ4n) is 2.97. The number of nitrogens with one attached hydrogen (secondary N) is 1. The van der Waals surface area contributed by atoms with E-state index in [1.54, 1.807) is 6.92 Å². The smallest absolute Gasteiger partial charge is 0.337 e. The summed E-state index contributed by atoms with van der Waals surface area (Å²) in [4.78, 5) is 27.3. The third-order valence-electron chi connectivity index (χ3n) is 4.24. The molecular formula is C16H22N2O3. The average Bonchev–Trinajstić information content (AvgIpc) is 2.46. The molecule has 2 unspecified atom stereocenters. The van der Waals surface area contributed by atoms with Crippen molar-refractivity contribution in [2.45, 2.75) is 52.0 Å². The molecule has 5 heteroatoms. The van der Waals surface area contributed by atoms with Gasteiger partial charge in [-0.15, -0.1) is 0 Å². The van der Waals surface area contributed by atoms with Crippen LogP contribution in [0, 0.1) is 12.8 Å². The highest BCUT2D eigenvalue weighted by molar-refractivity contribution is 5.94. The summed E-state index contributed by atoms with van der Waals surface area (Å²) < 4.78 is 0. The van der Waals surface area contributed by atoms with Crippen molar-refractivity contribution in [1.29, 1.82) is 0 Å². The predicted octanol–water partition coefficient (Wildman–Crippen LogP) is 2.79. The molecule has 114 valence electrons. The van der Waals surface area contributed by atoms with Crippen LogP contribution < -0.4 is 5.32 Å². The first kappa shape index (κ1) is 15.5. The molecule has 1 amide bonds. The Morgan fingerprint density at radius 3 is 2.76 bits per heavy atom. The molecule has 1 aromatic rings. The Bertz CT molecular complexity index is 542. The van der Waals surface area contributed by atoms with Crippen LogP contribution in [0.2, 0.25) is 0 Å². The summed E-state index contributed by atoms with van der Waals surface area (Å²) >= 11 is 0. The van der Waals surface area contributed by atoms with Crippen LogP contribution >= 0.6 is 0 Å². The number of rotatable bonds is 4. The predicted molar refractivity (Wildman–Crippen MR) is 79.4 cm³/mol. The molecule has 0 spiro atoms. The normalized spacial score (nSPS) is 21.8. The van der Waals surface area contributed by atoms with E-state index in [2.05, 4.69) is 17.2 Å². The Morgan fingerprint density at radius 1 is 1.38 bits per heavy atom. The number of aromatic carboxylic acids is 1. The fraction of sp³-hybridized carbons (Fsp3) is 0.562. The third kappa shape index (κ3) is 3.80. The lowest BCUT2D eigenvalue weighted by atomic mass is 9.84. The molecular weight excluding hydrogens is 268 g/mol. The topological polar surface area (TPSA) is 79.3 Å². The maximum Gasteiger partial charge on any atom is 0.337 e. The lowest BCUT2D eigenvalue weighted by Crippen LogP contribution is -2.38. The van der Waals surface area contributed by atoms with E-state index in [-0.39, 0.29) is 23.2 Å². The molecule has 0 bridgehead atoms. The summed E-state index contributed by atoms with van der Waals surface area (Å²) in [5, 5.41) is 12.0. The molecule has 21 heavy (non-hydrogen) atoms. The van der Waals surface area contributed by atoms with Crippen molar-refractivity contribution >= 4 is 11.9 Å². The van der Waals surface area contributed by atoms with Crippen LogP contribution in [0.1, 0.15) is 65.6 Å². The minimum absolute atomic E-state index is 0.135. The Balaban J connectivity index is 2.03. The van der Waals surface area contributed by atoms with E-state index in [1.807, 2.05) is 0 Å². The second-order valence-electron chi connectivity index (χ2n) is 5.75. The minimum Gasteiger partial charge on any atom is -0.478 e. The van der Waals surface area contributed by atoms with E-state index in [9.17, 15) is 9.59 Å². The monoisotopic (exact) mass is 290 g/mol. The average molecular weight is 290 g/mol. The molecule has 0 aliphatic heterocycles. The number of nitrogens with zero attached hydrogens (tertiary/aromatic N) is 1. The highest BCUT2D eigenvalue weighted by Crippen LogP contribution is 2.26. The highest BCUT2D eigenvalue weighted by Gasteiger charge is 2.23. The third-order valence-corrected chi connectivity index (χ3v) is 4.24. The van der Waals surface area contributed by atoms with Crippen molar-refractivity contribution in [3.05, 3.63) is 29.1 Å². The second kappa shape index (κ2) is 6.70. The van der Waals surface area contributed by atoms with Gasteiger partial charge in [0.05, 0.1) is 11.3 Å². The summed E-state index contributed by atoms with van der Waals surface area (Å²) in [5.74, 6) is -0.546. The Morgan fingerprint density at radius 2 is 2.14 bits per heavy atom. The number of carbonyl (C=O) groups is 2. The zero-order chi connectivity index (χ0) is 15.4. The summed E-state index contributed by atoms with van der Waals surface area (Å²) in [6.45, 7) is 3.79. The van der Waals surface area contributed by atoms with E-state index in [0.29, 0.717) is 11.6 Å². The van der Waals surface area contributed by atoms with Gasteiger partial charge in [-0.25, -0.2) is 9.78 Å². The number of carboxylic acids is 1. The lowest BCUT2D eigenvalue weighted by Gasteiger charge is -2.29. The lowest BCUT2D eigenvalue weighted by molar-refractivity contribution is 0.0694. The van der Waals surface area contributed by atoms with Gasteiger partial charge in [0.15, 0.2) is 0 Å². The summed E-state index contributed by atoms with van der Waals surface area (Å²) in [6, 6.07) is 3.12. The largest absolute Gasteiger partial charge is 0.478 e. The van der Waals surface area contributed by atoms with Gasteiger partial charge in [-0.3, -0.25) is 4.79 Å². The van der Waals surface area contributed by atoms with Gasteiger partial charge < -0.3 is 10.4 Å². The molecule has 1 aliphatic carbocycles. The molecule has 5 nitrogen and oxygen atoms in total. The number of carbonyl (C=O) groups excluding carboxylic acids is 1. The molecule has 1 aromatic heterocycles. The molecule has 1 aliphatic rings. The molecule has 0 radical (unpaired) electrons. The summed E-state index contributed by atoms with van der Waals surface area (Å²) in [5.41, 5.74) is 0.789. The standard InChI is InChI=1S/C16H22N2O3/c1-3-11-5-4-6-12(9-11)18-15(19)14-8-7-13(16(20)21)10(2)17-14/h7-8,11-12H,3-6,9H2,1-2H3,(H,18,19)(H,20,21). The molecule has 1 saturated carbocycles. The number of hydrogen-bond acceptors (Lipinski definition) is 3. The number of carboxylic acid groups (broad SMARTS) is 1. The maximum absolute atomic E-state index is 12.2. The number of aromatic nitrogens is 1. The van der Waals surface area contributed by atoms with Gasteiger partial charge in [-0.1, -0.05) is 26.2 Å². The zero-order valence-corrected chi connectivity index (χ0v) is 12.6. The van der Waals surface area contributed by atoms with Gasteiger partial charge in [0, 0.05) is 6.04 Å². The SMILES string of the molecule is CCC1CCCC(NC(=O)c2ccc(C(=O)O)c(C)n2)C1. The van der Waals surface area contributed by atoms with Gasteiger partial charge >= 0.3 is 5.97 Å². The molecule has 1 fully saturated rings. The van der Waals surface area contributed by atoms with Crippen LogP contribution in [0.25, 0.3) is 0 Å². The zero-order valence-electron chi connectivity index (χ0n) is 12.6. The van der Waals surface area contributed by atoms with Crippen molar-refractivity contribution < 1.29 is 14.7 Å². The van der Waals surface area contributed by atoms with E-state index in [0.717, 1.165) is 25.7 Å². The van der Waals surface area contributed by atoms with Crippen molar-refractivity contribution in [2.24, 2.45) is 5.92 Å². The van der Waals surface area contributed by atoms with Crippen molar-refractivity contribution in [1.82, 2.24) is 10.3 Å². The Kier molecular flexibility index (Phi) is 4.94. The van der Waals surface area contributed by atoms with Gasteiger partial charge in [-0.05, 0) is 37.8 Å². The molecule has 2 rings (SSSR count). The van der Waals surface area contributed by atoms with Crippen LogP contribution in [0.3, 0.4) is 0 Å². The van der Waals surface area contributed by atoms with Crippen LogP contribution in [0.5, 0.6) is 0 Å². The first-order chi connectivity index (χ1) is 10.0. The van der Waals surface area contributed by atoms with Crippen LogP contribution in [-0.4, -0.2) is 28.0 Å².